The number of rotatable bonds is 0. The quantitative estimate of drug-likeness (QED) is 0.503. The summed E-state index contributed by atoms with van der Waals surface area (Å²) in [5.41, 5.74) is 1.53. The molecule has 0 aromatic heterocycles. The zero-order valence-corrected chi connectivity index (χ0v) is 7.89. The monoisotopic (exact) mass is 164 g/mol. The molecule has 0 spiro atoms. The molecule has 0 radical (unpaired) electrons. The topological polar surface area (TPSA) is 17.1 Å². The summed E-state index contributed by atoms with van der Waals surface area (Å²) in [4.78, 5) is 11.4. The Kier molecular flexibility index (Phi) is 1.48. The normalized spacial score (nSPS) is 38.8. The van der Waals surface area contributed by atoms with E-state index in [1.807, 2.05) is 0 Å². The van der Waals surface area contributed by atoms with Gasteiger partial charge < -0.3 is 0 Å². The van der Waals surface area contributed by atoms with Gasteiger partial charge in [0.15, 0.2) is 0 Å². The van der Waals surface area contributed by atoms with Gasteiger partial charge in [0.1, 0.15) is 5.78 Å². The van der Waals surface area contributed by atoms with Gasteiger partial charge in [0.25, 0.3) is 0 Å². The van der Waals surface area contributed by atoms with E-state index in [1.54, 1.807) is 0 Å². The Morgan fingerprint density at radius 3 is 2.67 bits per heavy atom. The van der Waals surface area contributed by atoms with Gasteiger partial charge in [-0.3, -0.25) is 4.79 Å². The first-order valence-electron chi connectivity index (χ1n) is 4.74. The minimum Gasteiger partial charge on any atom is -0.299 e. The van der Waals surface area contributed by atoms with E-state index in [1.165, 1.54) is 5.57 Å². The van der Waals surface area contributed by atoms with Crippen molar-refractivity contribution in [2.45, 2.75) is 33.1 Å². The van der Waals surface area contributed by atoms with Crippen LogP contribution in [0.1, 0.15) is 33.1 Å². The largest absolute Gasteiger partial charge is 0.299 e. The van der Waals surface area contributed by atoms with Gasteiger partial charge in [-0.1, -0.05) is 26.0 Å². The van der Waals surface area contributed by atoms with E-state index in [-0.39, 0.29) is 5.41 Å². The summed E-state index contributed by atoms with van der Waals surface area (Å²) >= 11 is 0. The second-order valence-electron chi connectivity index (χ2n) is 4.83. The molecule has 0 N–H and O–H groups in total. The third-order valence-corrected chi connectivity index (χ3v) is 3.65. The molecule has 1 heteroatoms. The molecule has 0 aromatic rings. The SMILES string of the molecule is C=C1C2CCC(=O)C2CC1(C)C. The standard InChI is InChI=1S/C11H16O/c1-7-8-4-5-10(12)9(8)6-11(7,2)3/h8-9H,1,4-6H2,2-3H3. The predicted molar refractivity (Wildman–Crippen MR) is 48.8 cm³/mol. The zero-order chi connectivity index (χ0) is 8.93. The molecule has 0 heterocycles. The smallest absolute Gasteiger partial charge is 0.136 e. The minimum atomic E-state index is 0.214. The molecule has 2 aliphatic carbocycles. The molecule has 12 heavy (non-hydrogen) atoms. The van der Waals surface area contributed by atoms with E-state index >= 15 is 0 Å². The summed E-state index contributed by atoms with van der Waals surface area (Å²) in [5, 5.41) is 0. The van der Waals surface area contributed by atoms with E-state index in [4.69, 9.17) is 0 Å². The van der Waals surface area contributed by atoms with Crippen LogP contribution in [0.3, 0.4) is 0 Å². The Morgan fingerprint density at radius 1 is 1.42 bits per heavy atom. The van der Waals surface area contributed by atoms with Gasteiger partial charge in [-0.2, -0.15) is 0 Å². The lowest BCUT2D eigenvalue weighted by atomic mass is 9.84. The van der Waals surface area contributed by atoms with Gasteiger partial charge in [-0.25, -0.2) is 0 Å². The lowest BCUT2D eigenvalue weighted by Crippen LogP contribution is -2.11. The minimum absolute atomic E-state index is 0.214. The van der Waals surface area contributed by atoms with Crippen LogP contribution in [0.2, 0.25) is 0 Å². The molecule has 2 atom stereocenters. The van der Waals surface area contributed by atoms with E-state index in [0.29, 0.717) is 17.6 Å². The Balaban J connectivity index is 2.30. The van der Waals surface area contributed by atoms with E-state index in [9.17, 15) is 4.79 Å². The highest BCUT2D eigenvalue weighted by molar-refractivity contribution is 5.84. The van der Waals surface area contributed by atoms with Gasteiger partial charge in [0.05, 0.1) is 0 Å². The molecule has 2 saturated carbocycles. The Labute approximate surface area is 73.8 Å². The second-order valence-corrected chi connectivity index (χ2v) is 4.83. The van der Waals surface area contributed by atoms with Crippen molar-refractivity contribution in [3.8, 4) is 0 Å². The molecule has 2 rings (SSSR count). The van der Waals surface area contributed by atoms with E-state index < -0.39 is 0 Å². The third kappa shape index (κ3) is 0.886. The van der Waals surface area contributed by atoms with E-state index in [2.05, 4.69) is 20.4 Å². The average Bonchev–Trinajstić information content (AvgIpc) is 2.40. The molecular weight excluding hydrogens is 148 g/mol. The fraction of sp³-hybridized carbons (Fsp3) is 0.727. The molecule has 66 valence electrons. The van der Waals surface area contributed by atoms with Crippen molar-refractivity contribution in [2.24, 2.45) is 17.3 Å². The average molecular weight is 164 g/mol. The van der Waals surface area contributed by atoms with Crippen molar-refractivity contribution in [3.05, 3.63) is 12.2 Å². The molecular formula is C11H16O. The van der Waals surface area contributed by atoms with Gasteiger partial charge >= 0.3 is 0 Å². The van der Waals surface area contributed by atoms with Gasteiger partial charge in [-0.15, -0.1) is 0 Å². The van der Waals surface area contributed by atoms with Crippen LogP contribution in [-0.2, 0) is 4.79 Å². The summed E-state index contributed by atoms with van der Waals surface area (Å²) in [6, 6.07) is 0. The summed E-state index contributed by atoms with van der Waals surface area (Å²) in [7, 11) is 0. The van der Waals surface area contributed by atoms with E-state index in [0.717, 1.165) is 19.3 Å². The second kappa shape index (κ2) is 2.21. The maximum absolute atomic E-state index is 11.4. The molecule has 0 bridgehead atoms. The van der Waals surface area contributed by atoms with Crippen LogP contribution >= 0.6 is 0 Å². The number of fused-ring (bicyclic) bond motifs is 1. The number of hydrogen-bond acceptors (Lipinski definition) is 1. The first-order valence-corrected chi connectivity index (χ1v) is 4.74. The molecule has 0 saturated heterocycles. The third-order valence-electron chi connectivity index (χ3n) is 3.65. The van der Waals surface area contributed by atoms with Crippen molar-refractivity contribution in [3.63, 3.8) is 0 Å². The summed E-state index contributed by atoms with van der Waals surface area (Å²) in [6.07, 6.45) is 2.89. The molecule has 1 nitrogen and oxygen atoms in total. The molecule has 0 aromatic carbocycles. The maximum atomic E-state index is 11.4. The Hall–Kier alpha value is -0.590. The molecule has 0 amide bonds. The van der Waals surface area contributed by atoms with Crippen LogP contribution in [0.15, 0.2) is 12.2 Å². The van der Waals surface area contributed by atoms with Gasteiger partial charge in [-0.05, 0) is 24.2 Å². The zero-order valence-electron chi connectivity index (χ0n) is 7.89. The van der Waals surface area contributed by atoms with Crippen LogP contribution in [0, 0.1) is 17.3 Å². The van der Waals surface area contributed by atoms with Crippen molar-refractivity contribution < 1.29 is 4.79 Å². The number of carbonyl (C=O) groups is 1. The van der Waals surface area contributed by atoms with Crippen molar-refractivity contribution in [2.75, 3.05) is 0 Å². The predicted octanol–water partition coefficient (Wildman–Crippen LogP) is 2.57. The summed E-state index contributed by atoms with van der Waals surface area (Å²) in [6.45, 7) is 8.55. The first-order chi connectivity index (χ1) is 5.52. The van der Waals surface area contributed by atoms with Crippen LogP contribution in [0.25, 0.3) is 0 Å². The highest BCUT2D eigenvalue weighted by Crippen LogP contribution is 2.53. The maximum Gasteiger partial charge on any atom is 0.136 e. The number of allylic oxidation sites excluding steroid dienone is 1. The number of carbonyl (C=O) groups excluding carboxylic acids is 1. The summed E-state index contributed by atoms with van der Waals surface area (Å²) in [5.74, 6) is 1.33. The molecule has 2 fully saturated rings. The Bertz CT molecular complexity index is 250. The van der Waals surface area contributed by atoms with Crippen LogP contribution in [0.5, 0.6) is 0 Å². The first kappa shape index (κ1) is 8.03. The summed E-state index contributed by atoms with van der Waals surface area (Å²) < 4.78 is 0. The fourth-order valence-corrected chi connectivity index (χ4v) is 2.76. The van der Waals surface area contributed by atoms with Crippen molar-refractivity contribution in [1.82, 2.24) is 0 Å². The van der Waals surface area contributed by atoms with Crippen LogP contribution in [-0.4, -0.2) is 5.78 Å². The molecule has 2 unspecified atom stereocenters. The van der Waals surface area contributed by atoms with Crippen molar-refractivity contribution in [1.29, 1.82) is 0 Å². The Morgan fingerprint density at radius 2 is 2.08 bits per heavy atom. The lowest BCUT2D eigenvalue weighted by molar-refractivity contribution is -0.121. The highest BCUT2D eigenvalue weighted by atomic mass is 16.1. The van der Waals surface area contributed by atoms with Crippen LogP contribution in [0.4, 0.5) is 0 Å². The van der Waals surface area contributed by atoms with Crippen LogP contribution < -0.4 is 0 Å². The van der Waals surface area contributed by atoms with Gasteiger partial charge in [0.2, 0.25) is 0 Å². The fourth-order valence-electron chi connectivity index (χ4n) is 2.76. The van der Waals surface area contributed by atoms with Crippen molar-refractivity contribution >= 4 is 5.78 Å². The molecule has 0 aliphatic heterocycles. The molecule has 2 aliphatic rings. The van der Waals surface area contributed by atoms with Gasteiger partial charge in [0, 0.05) is 12.3 Å². The highest BCUT2D eigenvalue weighted by Gasteiger charge is 2.48. The lowest BCUT2D eigenvalue weighted by Gasteiger charge is -2.20. The number of ketones is 1. The number of hydrogen-bond donors (Lipinski definition) is 0. The number of Topliss-reactive ketones (excluding diaryl/α,β-unsaturated/α-hetero) is 1.